The summed E-state index contributed by atoms with van der Waals surface area (Å²) in [4.78, 5) is 12.2. The van der Waals surface area contributed by atoms with Crippen molar-refractivity contribution in [1.82, 2.24) is 14.8 Å². The van der Waals surface area contributed by atoms with Gasteiger partial charge in [-0.15, -0.1) is 16.8 Å². The minimum atomic E-state index is -4.54. The van der Waals surface area contributed by atoms with Gasteiger partial charge in [-0.1, -0.05) is 29.4 Å². The molecule has 2 aromatic heterocycles. The maximum absolute atomic E-state index is 12.8. The third-order valence-corrected chi connectivity index (χ3v) is 4.97. The maximum Gasteiger partial charge on any atom is 0.416 e. The molecule has 1 N–H and O–H groups in total. The quantitative estimate of drug-likeness (QED) is 0.406. The predicted octanol–water partition coefficient (Wildman–Crippen LogP) is 5.13. The number of amides is 1. The summed E-state index contributed by atoms with van der Waals surface area (Å²) >= 11 is 6.97. The third kappa shape index (κ3) is 5.01. The summed E-state index contributed by atoms with van der Waals surface area (Å²) in [7, 11) is 0. The van der Waals surface area contributed by atoms with Crippen molar-refractivity contribution in [3.8, 4) is 11.6 Å². The molecule has 0 spiro atoms. The Labute approximate surface area is 172 Å². The number of nitrogens with one attached hydrogen (secondary N) is 1. The van der Waals surface area contributed by atoms with E-state index in [1.807, 2.05) is 0 Å². The second-order valence-electron chi connectivity index (χ2n) is 5.71. The Kier molecular flexibility index (Phi) is 6.33. The summed E-state index contributed by atoms with van der Waals surface area (Å²) in [6, 6.07) is 6.16. The molecule has 0 aliphatic heterocycles. The Hall–Kier alpha value is -2.72. The minimum absolute atomic E-state index is 0.00581. The first kappa shape index (κ1) is 21.0. The van der Waals surface area contributed by atoms with Gasteiger partial charge in [-0.2, -0.15) is 13.2 Å². The summed E-state index contributed by atoms with van der Waals surface area (Å²) in [5, 5.41) is 10.9. The van der Waals surface area contributed by atoms with E-state index in [0.29, 0.717) is 23.3 Å². The fraction of sp³-hybridized carbons (Fsp3) is 0.167. The van der Waals surface area contributed by atoms with Gasteiger partial charge in [0.25, 0.3) is 0 Å². The van der Waals surface area contributed by atoms with Crippen molar-refractivity contribution in [1.29, 1.82) is 0 Å². The molecule has 0 atom stereocenters. The van der Waals surface area contributed by atoms with E-state index in [0.717, 1.165) is 30.0 Å². The van der Waals surface area contributed by atoms with Gasteiger partial charge in [0.2, 0.25) is 11.7 Å². The molecule has 2 heterocycles. The van der Waals surface area contributed by atoms with Crippen LogP contribution in [0.1, 0.15) is 5.56 Å². The van der Waals surface area contributed by atoms with E-state index >= 15 is 0 Å². The Balaban J connectivity index is 1.71. The molecule has 1 amide bonds. The molecule has 152 valence electrons. The number of thioether (sulfide) groups is 1. The summed E-state index contributed by atoms with van der Waals surface area (Å²) < 4.78 is 45.6. The highest BCUT2D eigenvalue weighted by Crippen LogP contribution is 2.34. The van der Waals surface area contributed by atoms with Crippen molar-refractivity contribution < 1.29 is 22.4 Å². The lowest BCUT2D eigenvalue weighted by Gasteiger charge is -2.11. The molecule has 0 radical (unpaired) electrons. The molecule has 0 saturated heterocycles. The predicted molar refractivity (Wildman–Crippen MR) is 104 cm³/mol. The monoisotopic (exact) mass is 442 g/mol. The van der Waals surface area contributed by atoms with E-state index in [1.165, 1.54) is 6.26 Å². The second-order valence-corrected chi connectivity index (χ2v) is 7.06. The highest BCUT2D eigenvalue weighted by Gasteiger charge is 2.31. The van der Waals surface area contributed by atoms with Gasteiger partial charge < -0.3 is 9.73 Å². The molecular formula is C18H14ClF3N4O2S. The lowest BCUT2D eigenvalue weighted by atomic mass is 10.2. The first-order valence-electron chi connectivity index (χ1n) is 8.17. The van der Waals surface area contributed by atoms with E-state index < -0.39 is 17.6 Å². The summed E-state index contributed by atoms with van der Waals surface area (Å²) in [6.07, 6.45) is -1.40. The van der Waals surface area contributed by atoms with Crippen LogP contribution in [0.3, 0.4) is 0 Å². The highest BCUT2D eigenvalue weighted by molar-refractivity contribution is 7.99. The maximum atomic E-state index is 12.8. The van der Waals surface area contributed by atoms with Crippen molar-refractivity contribution in [2.45, 2.75) is 17.9 Å². The van der Waals surface area contributed by atoms with Crippen LogP contribution in [0, 0.1) is 0 Å². The van der Waals surface area contributed by atoms with E-state index in [9.17, 15) is 18.0 Å². The van der Waals surface area contributed by atoms with E-state index in [4.69, 9.17) is 16.0 Å². The Bertz CT molecular complexity index is 1020. The minimum Gasteiger partial charge on any atom is -0.461 e. The molecule has 6 nitrogen and oxygen atoms in total. The van der Waals surface area contributed by atoms with Crippen LogP contribution in [0.15, 0.2) is 58.8 Å². The molecule has 1 aromatic carbocycles. The standard InChI is InChI=1S/C18H14ClF3N4O2S/c1-2-7-26-16(14-4-3-8-28-14)24-25-17(26)29-10-15(27)23-13-9-11(18(20,21)22)5-6-12(13)19/h2-6,8-9H,1,7,10H2,(H,23,27). The fourth-order valence-corrected chi connectivity index (χ4v) is 3.30. The molecule has 3 aromatic rings. The number of carbonyl (C=O) groups excluding carboxylic acids is 1. The molecule has 0 saturated carbocycles. The van der Waals surface area contributed by atoms with Crippen molar-refractivity contribution in [3.05, 3.63) is 59.8 Å². The zero-order chi connectivity index (χ0) is 21.0. The smallest absolute Gasteiger partial charge is 0.416 e. The van der Waals surface area contributed by atoms with E-state index in [1.54, 1.807) is 22.8 Å². The summed E-state index contributed by atoms with van der Waals surface area (Å²) in [6.45, 7) is 4.07. The van der Waals surface area contributed by atoms with Crippen LogP contribution in [0.5, 0.6) is 0 Å². The fourth-order valence-electron chi connectivity index (χ4n) is 2.39. The van der Waals surface area contributed by atoms with Gasteiger partial charge in [0.15, 0.2) is 10.9 Å². The van der Waals surface area contributed by atoms with Crippen molar-refractivity contribution >= 4 is 35.0 Å². The number of rotatable bonds is 7. The van der Waals surface area contributed by atoms with Crippen molar-refractivity contribution in [2.75, 3.05) is 11.1 Å². The number of allylic oxidation sites excluding steroid dienone is 1. The second kappa shape index (κ2) is 8.75. The lowest BCUT2D eigenvalue weighted by Crippen LogP contribution is -2.16. The van der Waals surface area contributed by atoms with Crippen LogP contribution in [0.25, 0.3) is 11.6 Å². The first-order chi connectivity index (χ1) is 13.8. The SMILES string of the molecule is C=CCn1c(SCC(=O)Nc2cc(C(F)(F)F)ccc2Cl)nnc1-c1ccco1. The van der Waals surface area contributed by atoms with Gasteiger partial charge in [-0.05, 0) is 30.3 Å². The van der Waals surface area contributed by atoms with Crippen molar-refractivity contribution in [3.63, 3.8) is 0 Å². The van der Waals surface area contributed by atoms with Crippen LogP contribution in [0.4, 0.5) is 18.9 Å². The first-order valence-corrected chi connectivity index (χ1v) is 9.53. The summed E-state index contributed by atoms with van der Waals surface area (Å²) in [5.41, 5.74) is -1.02. The Morgan fingerprint density at radius 3 is 2.79 bits per heavy atom. The molecule has 0 bridgehead atoms. The van der Waals surface area contributed by atoms with Gasteiger partial charge in [0, 0.05) is 6.54 Å². The van der Waals surface area contributed by atoms with Gasteiger partial charge in [-0.3, -0.25) is 9.36 Å². The number of aromatic nitrogens is 3. The third-order valence-electron chi connectivity index (χ3n) is 3.67. The van der Waals surface area contributed by atoms with Gasteiger partial charge in [0.05, 0.1) is 28.3 Å². The van der Waals surface area contributed by atoms with E-state index in [2.05, 4.69) is 22.1 Å². The number of halogens is 4. The highest BCUT2D eigenvalue weighted by atomic mass is 35.5. The van der Waals surface area contributed by atoms with Crippen LogP contribution >= 0.6 is 23.4 Å². The molecule has 0 unspecified atom stereocenters. The number of anilines is 1. The number of hydrogen-bond acceptors (Lipinski definition) is 5. The number of nitrogens with zero attached hydrogens (tertiary/aromatic N) is 3. The molecule has 0 fully saturated rings. The Morgan fingerprint density at radius 2 is 2.14 bits per heavy atom. The molecule has 29 heavy (non-hydrogen) atoms. The average Bonchev–Trinajstić information content (AvgIpc) is 3.31. The van der Waals surface area contributed by atoms with Crippen LogP contribution in [-0.4, -0.2) is 26.4 Å². The molecule has 0 aliphatic rings. The lowest BCUT2D eigenvalue weighted by molar-refractivity contribution is -0.137. The van der Waals surface area contributed by atoms with Gasteiger partial charge in [-0.25, -0.2) is 0 Å². The number of alkyl halides is 3. The molecule has 0 aliphatic carbocycles. The van der Waals surface area contributed by atoms with E-state index in [-0.39, 0.29) is 16.5 Å². The number of carbonyl (C=O) groups is 1. The zero-order valence-corrected chi connectivity index (χ0v) is 16.3. The number of benzene rings is 1. The van der Waals surface area contributed by atoms with Crippen LogP contribution < -0.4 is 5.32 Å². The molecule has 3 rings (SSSR count). The van der Waals surface area contributed by atoms with Crippen LogP contribution in [0.2, 0.25) is 5.02 Å². The number of furan rings is 1. The summed E-state index contributed by atoms with van der Waals surface area (Å²) in [5.74, 6) is 0.328. The topological polar surface area (TPSA) is 73.0 Å². The van der Waals surface area contributed by atoms with Gasteiger partial charge in [0.1, 0.15) is 0 Å². The molecular weight excluding hydrogens is 429 g/mol. The Morgan fingerprint density at radius 1 is 1.34 bits per heavy atom. The van der Waals surface area contributed by atoms with Gasteiger partial charge >= 0.3 is 6.18 Å². The molecule has 11 heteroatoms. The number of hydrogen-bond donors (Lipinski definition) is 1. The largest absolute Gasteiger partial charge is 0.461 e. The average molecular weight is 443 g/mol. The van der Waals surface area contributed by atoms with Crippen LogP contribution in [-0.2, 0) is 17.5 Å². The normalized spacial score (nSPS) is 11.4. The van der Waals surface area contributed by atoms with Crippen molar-refractivity contribution in [2.24, 2.45) is 0 Å². The zero-order valence-electron chi connectivity index (χ0n) is 14.7.